The molecule has 28 heavy (non-hydrogen) atoms. The zero-order valence-electron chi connectivity index (χ0n) is 14.3. The fraction of sp³-hybridized carbons (Fsp3) is 0. The first-order valence-electron chi connectivity index (χ1n) is 8.31. The smallest absolute Gasteiger partial charge is 0.271 e. The van der Waals surface area contributed by atoms with Crippen molar-refractivity contribution in [1.29, 1.82) is 0 Å². The van der Waals surface area contributed by atoms with E-state index in [0.717, 1.165) is 5.56 Å². The first-order chi connectivity index (χ1) is 13.5. The van der Waals surface area contributed by atoms with Crippen molar-refractivity contribution in [1.82, 2.24) is 9.97 Å². The van der Waals surface area contributed by atoms with Crippen LogP contribution in [0.3, 0.4) is 0 Å². The number of rotatable bonds is 4. The van der Waals surface area contributed by atoms with E-state index in [9.17, 15) is 14.9 Å². The van der Waals surface area contributed by atoms with Crippen molar-refractivity contribution in [3.8, 4) is 11.4 Å². The van der Waals surface area contributed by atoms with Gasteiger partial charge in [-0.3, -0.25) is 14.9 Å². The van der Waals surface area contributed by atoms with E-state index in [1.165, 1.54) is 12.1 Å². The SMILES string of the molecule is O=C(Nc1ccc(-c2nc3ccc([N+](=O)[O-])cc3[nH]2)cc1)c1cccc(Cl)c1. The van der Waals surface area contributed by atoms with Crippen molar-refractivity contribution >= 4 is 39.9 Å². The van der Waals surface area contributed by atoms with E-state index < -0.39 is 4.92 Å². The van der Waals surface area contributed by atoms with Crippen molar-refractivity contribution < 1.29 is 9.72 Å². The molecule has 0 aliphatic carbocycles. The topological polar surface area (TPSA) is 101 Å². The Morgan fingerprint density at radius 3 is 2.57 bits per heavy atom. The summed E-state index contributed by atoms with van der Waals surface area (Å²) in [7, 11) is 0. The number of aromatic amines is 1. The number of hydrogen-bond acceptors (Lipinski definition) is 4. The molecular weight excluding hydrogens is 380 g/mol. The zero-order valence-corrected chi connectivity index (χ0v) is 15.1. The Morgan fingerprint density at radius 1 is 1.07 bits per heavy atom. The van der Waals surface area contributed by atoms with Gasteiger partial charge in [0.1, 0.15) is 5.82 Å². The summed E-state index contributed by atoms with van der Waals surface area (Å²) < 4.78 is 0. The van der Waals surface area contributed by atoms with E-state index in [2.05, 4.69) is 15.3 Å². The normalized spacial score (nSPS) is 10.8. The Balaban J connectivity index is 1.55. The van der Waals surface area contributed by atoms with Gasteiger partial charge in [0.2, 0.25) is 0 Å². The lowest BCUT2D eigenvalue weighted by Gasteiger charge is -2.06. The van der Waals surface area contributed by atoms with Crippen LogP contribution in [0, 0.1) is 10.1 Å². The second-order valence-electron chi connectivity index (χ2n) is 6.09. The van der Waals surface area contributed by atoms with E-state index >= 15 is 0 Å². The van der Waals surface area contributed by atoms with Crippen molar-refractivity contribution in [2.45, 2.75) is 0 Å². The number of nitrogens with one attached hydrogen (secondary N) is 2. The van der Waals surface area contributed by atoms with Gasteiger partial charge in [0.15, 0.2) is 0 Å². The molecule has 2 N–H and O–H groups in total. The number of imidazole rings is 1. The molecule has 3 aromatic carbocycles. The highest BCUT2D eigenvalue weighted by molar-refractivity contribution is 6.31. The first-order valence-corrected chi connectivity index (χ1v) is 8.69. The molecule has 7 nitrogen and oxygen atoms in total. The predicted molar refractivity (Wildman–Crippen MR) is 108 cm³/mol. The van der Waals surface area contributed by atoms with Crippen LogP contribution in [0.2, 0.25) is 5.02 Å². The molecule has 0 bridgehead atoms. The molecule has 0 spiro atoms. The van der Waals surface area contributed by atoms with Gasteiger partial charge < -0.3 is 10.3 Å². The average molecular weight is 393 g/mol. The van der Waals surface area contributed by atoms with Crippen LogP contribution >= 0.6 is 11.6 Å². The van der Waals surface area contributed by atoms with Crippen molar-refractivity contribution in [2.75, 3.05) is 5.32 Å². The highest BCUT2D eigenvalue weighted by Gasteiger charge is 2.11. The highest BCUT2D eigenvalue weighted by Crippen LogP contribution is 2.25. The molecule has 1 heterocycles. The number of amides is 1. The lowest BCUT2D eigenvalue weighted by molar-refractivity contribution is -0.384. The molecular formula is C20H13ClN4O3. The van der Waals surface area contributed by atoms with Gasteiger partial charge in [-0.2, -0.15) is 0 Å². The summed E-state index contributed by atoms with van der Waals surface area (Å²) in [5.41, 5.74) is 3.11. The lowest BCUT2D eigenvalue weighted by Crippen LogP contribution is -2.11. The molecule has 1 aromatic heterocycles. The van der Waals surface area contributed by atoms with Gasteiger partial charge >= 0.3 is 0 Å². The van der Waals surface area contributed by atoms with E-state index in [0.29, 0.717) is 33.1 Å². The quantitative estimate of drug-likeness (QED) is 0.375. The summed E-state index contributed by atoms with van der Waals surface area (Å²) in [5, 5.41) is 14.2. The van der Waals surface area contributed by atoms with Crippen LogP contribution in [-0.2, 0) is 0 Å². The number of nitro groups is 1. The molecule has 0 saturated carbocycles. The van der Waals surface area contributed by atoms with E-state index in [1.54, 1.807) is 54.6 Å². The van der Waals surface area contributed by atoms with Gasteiger partial charge in [0.05, 0.1) is 16.0 Å². The third kappa shape index (κ3) is 3.56. The molecule has 0 radical (unpaired) electrons. The maximum atomic E-state index is 12.3. The highest BCUT2D eigenvalue weighted by atomic mass is 35.5. The van der Waals surface area contributed by atoms with Crippen LogP contribution in [0.5, 0.6) is 0 Å². The summed E-state index contributed by atoms with van der Waals surface area (Å²) in [6, 6.07) is 18.3. The standard InChI is InChI=1S/C20H13ClN4O3/c21-14-3-1-2-13(10-14)20(26)22-15-6-4-12(5-7-15)19-23-17-9-8-16(25(27)28)11-18(17)24-19/h1-11H,(H,22,26)(H,23,24). The summed E-state index contributed by atoms with van der Waals surface area (Å²) in [6.45, 7) is 0. The van der Waals surface area contributed by atoms with E-state index in [1.807, 2.05) is 0 Å². The van der Waals surface area contributed by atoms with Crippen LogP contribution in [0.25, 0.3) is 22.4 Å². The second-order valence-corrected chi connectivity index (χ2v) is 6.52. The monoisotopic (exact) mass is 392 g/mol. The minimum atomic E-state index is -0.447. The van der Waals surface area contributed by atoms with Crippen LogP contribution in [0.15, 0.2) is 66.7 Å². The number of carbonyl (C=O) groups excluding carboxylic acids is 1. The van der Waals surface area contributed by atoms with Crippen LogP contribution in [0.4, 0.5) is 11.4 Å². The third-order valence-corrected chi connectivity index (χ3v) is 4.41. The van der Waals surface area contributed by atoms with E-state index in [-0.39, 0.29) is 11.6 Å². The number of nitrogens with zero attached hydrogens (tertiary/aromatic N) is 2. The van der Waals surface area contributed by atoms with Crippen molar-refractivity contribution in [2.24, 2.45) is 0 Å². The minimum Gasteiger partial charge on any atom is -0.338 e. The van der Waals surface area contributed by atoms with Gasteiger partial charge in [0, 0.05) is 34.0 Å². The molecule has 0 fully saturated rings. The first kappa shape index (κ1) is 17.7. The molecule has 1 amide bonds. The Hall–Kier alpha value is -3.71. The zero-order chi connectivity index (χ0) is 19.7. The fourth-order valence-electron chi connectivity index (χ4n) is 2.79. The van der Waals surface area contributed by atoms with Gasteiger partial charge in [-0.15, -0.1) is 0 Å². The fourth-order valence-corrected chi connectivity index (χ4v) is 2.98. The Bertz CT molecular complexity index is 1200. The second kappa shape index (κ2) is 7.13. The third-order valence-electron chi connectivity index (χ3n) is 4.18. The number of non-ortho nitro benzene ring substituents is 1. The largest absolute Gasteiger partial charge is 0.338 e. The van der Waals surface area contributed by atoms with Crippen LogP contribution in [0.1, 0.15) is 10.4 Å². The predicted octanol–water partition coefficient (Wildman–Crippen LogP) is 5.04. The number of anilines is 1. The van der Waals surface area contributed by atoms with Gasteiger partial charge in [0.25, 0.3) is 11.6 Å². The summed E-state index contributed by atoms with van der Waals surface area (Å²) >= 11 is 5.91. The number of aromatic nitrogens is 2. The van der Waals surface area contributed by atoms with Crippen LogP contribution in [-0.4, -0.2) is 20.8 Å². The Kier molecular flexibility index (Phi) is 4.50. The number of carbonyl (C=O) groups is 1. The number of benzene rings is 3. The number of hydrogen-bond donors (Lipinski definition) is 2. The Labute approximate surface area is 164 Å². The molecule has 0 saturated heterocycles. The molecule has 8 heteroatoms. The maximum Gasteiger partial charge on any atom is 0.271 e. The molecule has 0 atom stereocenters. The summed E-state index contributed by atoms with van der Waals surface area (Å²) in [6.07, 6.45) is 0. The molecule has 0 aliphatic heterocycles. The number of H-pyrrole nitrogens is 1. The lowest BCUT2D eigenvalue weighted by atomic mass is 10.1. The van der Waals surface area contributed by atoms with Crippen molar-refractivity contribution in [3.05, 3.63) is 87.4 Å². The Morgan fingerprint density at radius 2 is 1.86 bits per heavy atom. The number of nitro benzene ring substituents is 1. The minimum absolute atomic E-state index is 0.00164. The summed E-state index contributed by atoms with van der Waals surface area (Å²) in [4.78, 5) is 30.3. The number of fused-ring (bicyclic) bond motifs is 1. The number of halogens is 1. The maximum absolute atomic E-state index is 12.3. The summed E-state index contributed by atoms with van der Waals surface area (Å²) in [5.74, 6) is 0.328. The molecule has 0 unspecified atom stereocenters. The molecule has 138 valence electrons. The van der Waals surface area contributed by atoms with Crippen LogP contribution < -0.4 is 5.32 Å². The van der Waals surface area contributed by atoms with Gasteiger partial charge in [-0.25, -0.2) is 4.98 Å². The van der Waals surface area contributed by atoms with Gasteiger partial charge in [-0.1, -0.05) is 17.7 Å². The van der Waals surface area contributed by atoms with E-state index in [4.69, 9.17) is 11.6 Å². The molecule has 4 rings (SSSR count). The molecule has 4 aromatic rings. The molecule has 0 aliphatic rings. The van der Waals surface area contributed by atoms with Crippen molar-refractivity contribution in [3.63, 3.8) is 0 Å². The average Bonchev–Trinajstić information content (AvgIpc) is 3.11. The van der Waals surface area contributed by atoms with Gasteiger partial charge in [-0.05, 0) is 48.5 Å².